The van der Waals surface area contributed by atoms with Gasteiger partial charge in [-0.05, 0) is 43.4 Å². The first-order valence-electron chi connectivity index (χ1n) is 9.09. The summed E-state index contributed by atoms with van der Waals surface area (Å²) in [6, 6.07) is 11.1. The van der Waals surface area contributed by atoms with Crippen LogP contribution in [0.4, 0.5) is 17.5 Å². The molecule has 0 bridgehead atoms. The van der Waals surface area contributed by atoms with E-state index in [1.54, 1.807) is 0 Å². The predicted octanol–water partition coefficient (Wildman–Crippen LogP) is 5.40. The van der Waals surface area contributed by atoms with Crippen molar-refractivity contribution >= 4 is 17.5 Å². The number of rotatable bonds is 5. The van der Waals surface area contributed by atoms with Crippen LogP contribution in [0.1, 0.15) is 63.1 Å². The summed E-state index contributed by atoms with van der Waals surface area (Å²) in [7, 11) is 0. The van der Waals surface area contributed by atoms with Crippen molar-refractivity contribution in [3.63, 3.8) is 0 Å². The summed E-state index contributed by atoms with van der Waals surface area (Å²) in [6.07, 6.45) is 6.47. The molecule has 1 fully saturated rings. The van der Waals surface area contributed by atoms with Gasteiger partial charge in [-0.1, -0.05) is 45.2 Å². The summed E-state index contributed by atoms with van der Waals surface area (Å²) < 4.78 is 0. The van der Waals surface area contributed by atoms with Crippen LogP contribution < -0.4 is 10.6 Å². The maximum Gasteiger partial charge on any atom is 0.229 e. The van der Waals surface area contributed by atoms with Crippen LogP contribution in [0.5, 0.6) is 0 Å². The zero-order valence-corrected chi connectivity index (χ0v) is 15.0. The highest BCUT2D eigenvalue weighted by Crippen LogP contribution is 2.23. The van der Waals surface area contributed by atoms with E-state index in [-0.39, 0.29) is 0 Å². The highest BCUT2D eigenvalue weighted by atomic mass is 15.1. The fraction of sp³-hybridized carbons (Fsp3) is 0.500. The Morgan fingerprint density at radius 2 is 1.71 bits per heavy atom. The molecule has 4 heteroatoms. The van der Waals surface area contributed by atoms with E-state index < -0.39 is 0 Å². The zero-order valence-electron chi connectivity index (χ0n) is 15.0. The second-order valence-corrected chi connectivity index (χ2v) is 7.10. The van der Waals surface area contributed by atoms with E-state index in [2.05, 4.69) is 58.7 Å². The van der Waals surface area contributed by atoms with Crippen LogP contribution in [-0.2, 0) is 0 Å². The summed E-state index contributed by atoms with van der Waals surface area (Å²) in [4.78, 5) is 9.16. The fourth-order valence-corrected chi connectivity index (χ4v) is 3.23. The smallest absolute Gasteiger partial charge is 0.229 e. The Hall–Kier alpha value is -2.10. The average Bonchev–Trinajstić information content (AvgIpc) is 2.55. The molecule has 1 aliphatic rings. The first kappa shape index (κ1) is 16.7. The van der Waals surface area contributed by atoms with Gasteiger partial charge in [0, 0.05) is 23.5 Å². The second-order valence-electron chi connectivity index (χ2n) is 7.10. The van der Waals surface area contributed by atoms with Gasteiger partial charge in [0.25, 0.3) is 0 Å². The Morgan fingerprint density at radius 3 is 2.38 bits per heavy atom. The molecule has 1 heterocycles. The maximum absolute atomic E-state index is 4.65. The van der Waals surface area contributed by atoms with Crippen molar-refractivity contribution < 1.29 is 0 Å². The van der Waals surface area contributed by atoms with Gasteiger partial charge in [-0.2, -0.15) is 4.98 Å². The lowest BCUT2D eigenvalue weighted by molar-refractivity contribution is 0.462. The van der Waals surface area contributed by atoms with Crippen molar-refractivity contribution in [3.8, 4) is 0 Å². The third-order valence-corrected chi connectivity index (χ3v) is 4.64. The molecule has 24 heavy (non-hydrogen) atoms. The lowest BCUT2D eigenvalue weighted by Gasteiger charge is -2.23. The summed E-state index contributed by atoms with van der Waals surface area (Å²) >= 11 is 0. The molecule has 0 aliphatic heterocycles. The number of hydrogen-bond donors (Lipinski definition) is 2. The Morgan fingerprint density at radius 1 is 1.00 bits per heavy atom. The van der Waals surface area contributed by atoms with Crippen LogP contribution in [0.25, 0.3) is 0 Å². The van der Waals surface area contributed by atoms with E-state index in [9.17, 15) is 0 Å². The van der Waals surface area contributed by atoms with Gasteiger partial charge in [-0.3, -0.25) is 0 Å². The summed E-state index contributed by atoms with van der Waals surface area (Å²) in [5.41, 5.74) is 3.34. The minimum Gasteiger partial charge on any atom is -0.367 e. The molecule has 0 amide bonds. The molecule has 0 saturated heterocycles. The third kappa shape index (κ3) is 4.47. The molecule has 0 unspecified atom stereocenters. The molecule has 0 radical (unpaired) electrons. The number of aryl methyl sites for hydroxylation is 1. The number of hydrogen-bond acceptors (Lipinski definition) is 4. The molecule has 2 aromatic rings. The Balaban J connectivity index is 1.70. The summed E-state index contributed by atoms with van der Waals surface area (Å²) in [5.74, 6) is 2.13. The van der Waals surface area contributed by atoms with Crippen LogP contribution in [0.15, 0.2) is 30.3 Å². The molecule has 1 aliphatic carbocycles. The molecule has 0 atom stereocenters. The lowest BCUT2D eigenvalue weighted by atomic mass is 9.95. The number of nitrogens with one attached hydrogen (secondary N) is 2. The normalized spacial score (nSPS) is 15.5. The minimum absolute atomic E-state index is 0.542. The van der Waals surface area contributed by atoms with E-state index in [4.69, 9.17) is 0 Å². The van der Waals surface area contributed by atoms with Gasteiger partial charge in [-0.25, -0.2) is 4.98 Å². The average molecular weight is 324 g/mol. The SMILES string of the molecule is Cc1cc(NC2CCCCC2)nc(Nc2ccc(C(C)C)cc2)n1. The zero-order chi connectivity index (χ0) is 16.9. The van der Waals surface area contributed by atoms with Gasteiger partial charge in [0.2, 0.25) is 5.95 Å². The van der Waals surface area contributed by atoms with Crippen molar-refractivity contribution in [2.75, 3.05) is 10.6 Å². The predicted molar refractivity (Wildman–Crippen MR) is 101 cm³/mol. The topological polar surface area (TPSA) is 49.8 Å². The molecular formula is C20H28N4. The summed E-state index contributed by atoms with van der Waals surface area (Å²) in [5, 5.41) is 6.91. The molecule has 1 aromatic heterocycles. The summed E-state index contributed by atoms with van der Waals surface area (Å²) in [6.45, 7) is 6.42. The van der Waals surface area contributed by atoms with Gasteiger partial charge >= 0.3 is 0 Å². The molecule has 3 rings (SSSR count). The Labute approximate surface area is 145 Å². The standard InChI is InChI=1S/C20H28N4/c1-14(2)16-9-11-18(12-10-16)23-20-21-15(3)13-19(24-20)22-17-7-5-4-6-8-17/h9-14,17H,4-8H2,1-3H3,(H2,21,22,23,24). The monoisotopic (exact) mass is 324 g/mol. The van der Waals surface area contributed by atoms with Gasteiger partial charge in [0.1, 0.15) is 5.82 Å². The van der Waals surface area contributed by atoms with Crippen LogP contribution in [0, 0.1) is 6.92 Å². The molecule has 128 valence electrons. The number of anilines is 3. The van der Waals surface area contributed by atoms with Crippen molar-refractivity contribution in [1.29, 1.82) is 0 Å². The van der Waals surface area contributed by atoms with E-state index in [1.807, 2.05) is 13.0 Å². The Bertz CT molecular complexity index is 658. The quantitative estimate of drug-likeness (QED) is 0.773. The van der Waals surface area contributed by atoms with Crippen molar-refractivity contribution in [1.82, 2.24) is 9.97 Å². The maximum atomic E-state index is 4.65. The molecule has 0 spiro atoms. The van der Waals surface area contributed by atoms with Crippen molar-refractivity contribution in [3.05, 3.63) is 41.6 Å². The van der Waals surface area contributed by atoms with Crippen LogP contribution in [-0.4, -0.2) is 16.0 Å². The number of nitrogens with zero attached hydrogens (tertiary/aromatic N) is 2. The lowest BCUT2D eigenvalue weighted by Crippen LogP contribution is -2.23. The molecule has 4 nitrogen and oxygen atoms in total. The number of aromatic nitrogens is 2. The largest absolute Gasteiger partial charge is 0.367 e. The highest BCUT2D eigenvalue weighted by molar-refractivity contribution is 5.56. The fourth-order valence-electron chi connectivity index (χ4n) is 3.23. The first-order valence-corrected chi connectivity index (χ1v) is 9.09. The molecule has 2 N–H and O–H groups in total. The molecular weight excluding hydrogens is 296 g/mol. The molecule has 1 saturated carbocycles. The third-order valence-electron chi connectivity index (χ3n) is 4.64. The first-order chi connectivity index (χ1) is 11.6. The van der Waals surface area contributed by atoms with Crippen LogP contribution in [0.3, 0.4) is 0 Å². The van der Waals surface area contributed by atoms with E-state index >= 15 is 0 Å². The van der Waals surface area contributed by atoms with Crippen LogP contribution >= 0.6 is 0 Å². The van der Waals surface area contributed by atoms with Gasteiger partial charge < -0.3 is 10.6 Å². The van der Waals surface area contributed by atoms with Gasteiger partial charge in [0.05, 0.1) is 0 Å². The van der Waals surface area contributed by atoms with Crippen LogP contribution in [0.2, 0.25) is 0 Å². The van der Waals surface area contributed by atoms with E-state index in [1.165, 1.54) is 37.7 Å². The minimum atomic E-state index is 0.542. The second kappa shape index (κ2) is 7.65. The van der Waals surface area contributed by atoms with Crippen molar-refractivity contribution in [2.45, 2.75) is 64.8 Å². The van der Waals surface area contributed by atoms with E-state index in [0.717, 1.165) is 17.2 Å². The van der Waals surface area contributed by atoms with Crippen molar-refractivity contribution in [2.24, 2.45) is 0 Å². The number of benzene rings is 1. The van der Waals surface area contributed by atoms with E-state index in [0.29, 0.717) is 17.9 Å². The highest BCUT2D eigenvalue weighted by Gasteiger charge is 2.14. The Kier molecular flexibility index (Phi) is 5.34. The van der Waals surface area contributed by atoms with Gasteiger partial charge in [-0.15, -0.1) is 0 Å². The van der Waals surface area contributed by atoms with Gasteiger partial charge in [0.15, 0.2) is 0 Å². The molecule has 1 aromatic carbocycles.